The molecule has 37 heavy (non-hydrogen) atoms. The van der Waals surface area contributed by atoms with Crippen LogP contribution < -0.4 is 10.6 Å². The molecule has 0 aliphatic carbocycles. The first-order chi connectivity index (χ1) is 17.4. The second-order valence-electron chi connectivity index (χ2n) is 11.4. The van der Waals surface area contributed by atoms with Gasteiger partial charge in [0.15, 0.2) is 0 Å². The molecule has 0 atom stereocenters. The molecule has 206 valence electrons. The highest BCUT2D eigenvalue weighted by Crippen LogP contribution is 2.60. The van der Waals surface area contributed by atoms with Gasteiger partial charge in [0.1, 0.15) is 0 Å². The summed E-state index contributed by atoms with van der Waals surface area (Å²) in [5, 5.41) is 4.50. The highest BCUT2D eigenvalue weighted by molar-refractivity contribution is 8.30. The Labute approximate surface area is 233 Å². The predicted octanol–water partition coefficient (Wildman–Crippen LogP) is 8.74. The summed E-state index contributed by atoms with van der Waals surface area (Å²) in [7, 11) is 0.148. The van der Waals surface area contributed by atoms with Gasteiger partial charge in [-0.3, -0.25) is 14.2 Å². The van der Waals surface area contributed by atoms with E-state index in [1.165, 1.54) is 18.5 Å². The Balaban J connectivity index is 2.98. The third kappa shape index (κ3) is 8.67. The van der Waals surface area contributed by atoms with E-state index in [1.807, 2.05) is 0 Å². The topological polar surface area (TPSA) is 9.72 Å². The molecule has 0 bridgehead atoms. The third-order valence-electron chi connectivity index (χ3n) is 6.27. The van der Waals surface area contributed by atoms with Gasteiger partial charge in [0.2, 0.25) is 0 Å². The molecule has 0 fully saturated rings. The van der Waals surface area contributed by atoms with E-state index in [0.717, 1.165) is 0 Å². The molecule has 0 unspecified atom stereocenters. The molecule has 0 heterocycles. The van der Waals surface area contributed by atoms with E-state index < -0.39 is 15.8 Å². The first-order valence-corrected chi connectivity index (χ1v) is 18.2. The van der Waals surface area contributed by atoms with E-state index in [4.69, 9.17) is 0 Å². The summed E-state index contributed by atoms with van der Waals surface area (Å²) in [4.78, 5) is 2.75. The molecular weight excluding hydrogens is 507 g/mol. The molecule has 2 aromatic rings. The van der Waals surface area contributed by atoms with Crippen LogP contribution in [-0.4, -0.2) is 55.7 Å². The minimum Gasteiger partial charge on any atom is -0.264 e. The Bertz CT molecular complexity index is 859. The Morgan fingerprint density at radius 3 is 1.11 bits per heavy atom. The van der Waals surface area contributed by atoms with Gasteiger partial charge in [0.25, 0.3) is 0 Å². The minimum absolute atomic E-state index is 0.429. The van der Waals surface area contributed by atoms with Crippen molar-refractivity contribution in [2.45, 2.75) is 119 Å². The SMILES string of the molecule is CC(C)N(C(=PP(c1ccccc1)c1ccccc1)P(N(C(C)C)C(C)C)N(C(C)C)C(C)C)C(C)C. The molecule has 0 saturated carbocycles. The minimum atomic E-state index is -0.713. The number of hydrogen-bond acceptors (Lipinski definition) is 2. The summed E-state index contributed by atoms with van der Waals surface area (Å²) in [6.07, 6.45) is 0. The maximum atomic E-state index is 2.82. The fourth-order valence-corrected chi connectivity index (χ4v) is 15.2. The molecule has 0 aliphatic rings. The molecule has 0 N–H and O–H groups in total. The average Bonchev–Trinajstić information content (AvgIpc) is 2.80. The van der Waals surface area contributed by atoms with Gasteiger partial charge in [0, 0.05) is 43.9 Å². The molecule has 0 amide bonds. The molecule has 0 aliphatic heterocycles. The van der Waals surface area contributed by atoms with Crippen LogP contribution >= 0.6 is 23.7 Å². The van der Waals surface area contributed by atoms with E-state index in [9.17, 15) is 0 Å². The Hall–Kier alpha value is -0.650. The quantitative estimate of drug-likeness (QED) is 0.227. The summed E-state index contributed by atoms with van der Waals surface area (Å²) in [6, 6.07) is 25.1. The number of nitrogens with zero attached hydrogens (tertiary/aromatic N) is 3. The van der Waals surface area contributed by atoms with Crippen molar-refractivity contribution >= 4 is 39.5 Å². The van der Waals surface area contributed by atoms with Crippen LogP contribution in [0.3, 0.4) is 0 Å². The summed E-state index contributed by atoms with van der Waals surface area (Å²) in [5.74, 6) is 0. The standard InChI is InChI=1S/C31H52N3P3/c1-23(2)32(24(3)4)31(37(33(25(5)6)26(7)8)34(27(9)10)28(11)12)35-36(29-19-15-13-16-20-29)30-21-17-14-18-22-30/h13-28H,1-12H3. The second-order valence-corrected chi connectivity index (χ2v) is 17.8. The normalized spacial score (nSPS) is 13.5. The fourth-order valence-electron chi connectivity index (χ4n) is 5.14. The van der Waals surface area contributed by atoms with Crippen LogP contribution in [0, 0.1) is 0 Å². The third-order valence-corrected chi connectivity index (χ3v) is 15.6. The Morgan fingerprint density at radius 1 is 0.514 bits per heavy atom. The van der Waals surface area contributed by atoms with Crippen molar-refractivity contribution in [1.29, 1.82) is 0 Å². The van der Waals surface area contributed by atoms with Crippen LogP contribution in [0.4, 0.5) is 0 Å². The summed E-state index contributed by atoms with van der Waals surface area (Å²) in [5.41, 5.74) is 0. The number of rotatable bonds is 13. The lowest BCUT2D eigenvalue weighted by Crippen LogP contribution is -2.50. The van der Waals surface area contributed by atoms with Crippen molar-refractivity contribution in [3.8, 4) is 0 Å². The van der Waals surface area contributed by atoms with Gasteiger partial charge in [-0.05, 0) is 102 Å². The van der Waals surface area contributed by atoms with Crippen LogP contribution in [0.25, 0.3) is 0 Å². The molecule has 0 aromatic heterocycles. The molecule has 0 spiro atoms. The fraction of sp³-hybridized carbons (Fsp3) is 0.581. The highest BCUT2D eigenvalue weighted by atomic mass is 32.0. The summed E-state index contributed by atoms with van der Waals surface area (Å²) < 4.78 is 5.64. The zero-order chi connectivity index (χ0) is 27.9. The maximum Gasteiger partial charge on any atom is 0.0900 e. The van der Waals surface area contributed by atoms with Gasteiger partial charge in [-0.15, -0.1) is 0 Å². The van der Waals surface area contributed by atoms with Gasteiger partial charge < -0.3 is 0 Å². The van der Waals surface area contributed by atoms with Crippen LogP contribution in [0.15, 0.2) is 60.7 Å². The van der Waals surface area contributed by atoms with Gasteiger partial charge in [0.05, 0.1) is 13.4 Å². The Morgan fingerprint density at radius 2 is 0.838 bits per heavy atom. The van der Waals surface area contributed by atoms with Crippen LogP contribution in [0.5, 0.6) is 0 Å². The van der Waals surface area contributed by atoms with Crippen LogP contribution in [0.1, 0.15) is 83.1 Å². The zero-order valence-electron chi connectivity index (χ0n) is 25.4. The van der Waals surface area contributed by atoms with Crippen LogP contribution in [-0.2, 0) is 0 Å². The van der Waals surface area contributed by atoms with Crippen LogP contribution in [0.2, 0.25) is 0 Å². The van der Waals surface area contributed by atoms with E-state index in [2.05, 4.69) is 158 Å². The van der Waals surface area contributed by atoms with E-state index >= 15 is 0 Å². The van der Waals surface area contributed by atoms with Crippen molar-refractivity contribution in [2.75, 3.05) is 0 Å². The van der Waals surface area contributed by atoms with Gasteiger partial charge in [-0.25, -0.2) is 0 Å². The summed E-state index contributed by atoms with van der Waals surface area (Å²) >= 11 is 0. The zero-order valence-corrected chi connectivity index (χ0v) is 28.1. The van der Waals surface area contributed by atoms with E-state index in [1.54, 1.807) is 5.16 Å². The largest absolute Gasteiger partial charge is 0.264 e. The monoisotopic (exact) mass is 559 g/mol. The molecule has 0 saturated heterocycles. The molecule has 6 heteroatoms. The van der Waals surface area contributed by atoms with Crippen molar-refractivity contribution in [3.05, 3.63) is 60.7 Å². The molecule has 3 nitrogen and oxygen atoms in total. The average molecular weight is 560 g/mol. The predicted molar refractivity (Wildman–Crippen MR) is 174 cm³/mol. The van der Waals surface area contributed by atoms with E-state index in [0.29, 0.717) is 36.3 Å². The van der Waals surface area contributed by atoms with Gasteiger partial charge >= 0.3 is 0 Å². The molecular formula is C31H52N3P3. The first kappa shape index (κ1) is 32.6. The van der Waals surface area contributed by atoms with Gasteiger partial charge in [-0.2, -0.15) is 0 Å². The van der Waals surface area contributed by atoms with Crippen molar-refractivity contribution in [2.24, 2.45) is 0 Å². The molecule has 2 aromatic carbocycles. The number of benzene rings is 2. The summed E-state index contributed by atoms with van der Waals surface area (Å²) in [6.45, 7) is 28.6. The molecule has 2 rings (SSSR count). The Kier molecular flexibility index (Phi) is 13.4. The van der Waals surface area contributed by atoms with Crippen molar-refractivity contribution in [1.82, 2.24) is 14.2 Å². The van der Waals surface area contributed by atoms with E-state index in [-0.39, 0.29) is 0 Å². The van der Waals surface area contributed by atoms with Crippen molar-refractivity contribution in [3.63, 3.8) is 0 Å². The van der Waals surface area contributed by atoms with Crippen molar-refractivity contribution < 1.29 is 0 Å². The smallest absolute Gasteiger partial charge is 0.0900 e. The number of hydrogen-bond donors (Lipinski definition) is 0. The lowest BCUT2D eigenvalue weighted by atomic mass is 10.2. The maximum absolute atomic E-state index is 2.82. The molecule has 0 radical (unpaired) electrons. The second kappa shape index (κ2) is 15.2. The highest BCUT2D eigenvalue weighted by Gasteiger charge is 2.40. The lowest BCUT2D eigenvalue weighted by molar-refractivity contribution is 0.253. The first-order valence-electron chi connectivity index (χ1n) is 14.0. The van der Waals surface area contributed by atoms with Gasteiger partial charge in [-0.1, -0.05) is 60.7 Å². The lowest BCUT2D eigenvalue weighted by Gasteiger charge is -2.51.